The first-order chi connectivity index (χ1) is 48.1. The van der Waals surface area contributed by atoms with Gasteiger partial charge in [-0.1, -0.05) is 177 Å². The molecule has 8 aliphatic rings. The summed E-state index contributed by atoms with van der Waals surface area (Å²) in [4.78, 5) is 11.0. The smallest absolute Gasteiger partial charge is 0.0543 e. The van der Waals surface area contributed by atoms with Gasteiger partial charge in [0, 0.05) is 69.2 Å². The zero-order valence-electron chi connectivity index (χ0n) is 60.7. The highest BCUT2D eigenvalue weighted by atomic mass is 15.3. The Morgan fingerprint density at radius 2 is 0.450 bits per heavy atom. The van der Waals surface area contributed by atoms with E-state index in [0.717, 1.165) is 0 Å². The van der Waals surface area contributed by atoms with Crippen LogP contribution in [0.4, 0.5) is 45.5 Å². The zero-order valence-corrected chi connectivity index (χ0v) is 60.7. The minimum atomic E-state index is -0.0920. The molecule has 4 heterocycles. The van der Waals surface area contributed by atoms with Crippen LogP contribution in [0.2, 0.25) is 0 Å². The van der Waals surface area contributed by atoms with Gasteiger partial charge in [0.1, 0.15) is 0 Å². The van der Waals surface area contributed by atoms with Gasteiger partial charge in [-0.25, -0.2) is 0 Å². The van der Waals surface area contributed by atoms with E-state index in [1.807, 2.05) is 0 Å². The molecule has 4 saturated carbocycles. The monoisotopic (exact) mass is 1300 g/mol. The van der Waals surface area contributed by atoms with Crippen LogP contribution in [0.3, 0.4) is 0 Å². The van der Waals surface area contributed by atoms with E-state index in [0.29, 0.717) is 23.7 Å². The van der Waals surface area contributed by atoms with E-state index >= 15 is 0 Å². The first-order valence-electron chi connectivity index (χ1n) is 37.9. The van der Waals surface area contributed by atoms with E-state index in [-0.39, 0.29) is 43.8 Å². The molecule has 498 valence electrons. The molecular formula is C96H94N4. The fourth-order valence-electron chi connectivity index (χ4n) is 23.4. The fourth-order valence-corrected chi connectivity index (χ4v) is 23.4. The van der Waals surface area contributed by atoms with Crippen molar-refractivity contribution in [1.82, 2.24) is 0 Å². The molecule has 100 heavy (non-hydrogen) atoms. The van der Waals surface area contributed by atoms with E-state index in [2.05, 4.69) is 333 Å². The molecule has 12 aromatic rings. The molecule has 0 bridgehead atoms. The molecule has 20 rings (SSSR count). The molecule has 0 radical (unpaired) electrons. The molecule has 0 amide bonds. The molecule has 0 aromatic heterocycles. The fraction of sp³-hybridized carbons (Fsp3) is 0.333. The van der Waals surface area contributed by atoms with Gasteiger partial charge >= 0.3 is 0 Å². The summed E-state index contributed by atoms with van der Waals surface area (Å²) in [5.74, 6) is 1.54. The van der Waals surface area contributed by atoms with Gasteiger partial charge in [-0.05, 0) is 309 Å². The lowest BCUT2D eigenvalue weighted by molar-refractivity contribution is 0.222. The first-order valence-corrected chi connectivity index (χ1v) is 37.9. The number of hydrogen-bond donors (Lipinski definition) is 0. The molecular weight excluding hydrogens is 1210 g/mol. The molecule has 8 unspecified atom stereocenters. The number of nitrogens with zero attached hydrogens (tertiary/aromatic N) is 4. The summed E-state index contributed by atoms with van der Waals surface area (Å²) in [6.45, 7) is 30.5. The summed E-state index contributed by atoms with van der Waals surface area (Å²) in [5, 5.41) is 8.02. The number of hydrogen-bond acceptors (Lipinski definition) is 4. The highest BCUT2D eigenvalue weighted by Gasteiger charge is 2.65. The zero-order chi connectivity index (χ0) is 68.2. The van der Waals surface area contributed by atoms with Crippen LogP contribution in [-0.4, -0.2) is 22.2 Å². The second kappa shape index (κ2) is 20.3. The lowest BCUT2D eigenvalue weighted by Crippen LogP contribution is -2.50. The van der Waals surface area contributed by atoms with E-state index in [4.69, 9.17) is 0 Å². The van der Waals surface area contributed by atoms with Crippen molar-refractivity contribution < 1.29 is 0 Å². The summed E-state index contributed by atoms with van der Waals surface area (Å²) >= 11 is 0. The number of benzene rings is 12. The molecule has 0 spiro atoms. The summed E-state index contributed by atoms with van der Waals surface area (Å²) in [7, 11) is 0. The van der Waals surface area contributed by atoms with Gasteiger partial charge in [0.2, 0.25) is 0 Å². The largest absolute Gasteiger partial charge is 0.334 e. The van der Waals surface area contributed by atoms with Crippen LogP contribution in [0.15, 0.2) is 231 Å². The number of rotatable bonds is 8. The standard InChI is InChI=1S/C96H94N4/c1-89(2)49-45-79-75-53-59(33-41-83(75)97(93(79,89)9)63-25-17-13-18-26-63)71-57-72(60-34-42-84-76(54-60)80-46-50-90(3,4)94(80,10)98(84)64-27-19-14-20-28-64)68-39-40-70-74(62-36-44-86-78(56-62)82-48-52-92(7,8)96(82,12)100(86)66-31-23-16-24-32-66)58-73(69-38-37-67(71)87(68)88(69)70)61-35-43-85-77(55-61)81-47-51-91(5,6)95(81,11)99(85)65-29-21-15-22-30-65/h13-44,53-58,79-82H,45-52H2,1-12H3. The molecule has 0 N–H and O–H groups in total. The number of para-hydroxylation sites is 4. The van der Waals surface area contributed by atoms with Gasteiger partial charge < -0.3 is 19.6 Å². The van der Waals surface area contributed by atoms with E-state index in [9.17, 15) is 0 Å². The molecule has 4 nitrogen and oxygen atoms in total. The predicted molar refractivity (Wildman–Crippen MR) is 423 cm³/mol. The third-order valence-electron chi connectivity index (χ3n) is 30.1. The van der Waals surface area contributed by atoms with Crippen LogP contribution >= 0.6 is 0 Å². The maximum absolute atomic E-state index is 2.74. The summed E-state index contributed by atoms with van der Waals surface area (Å²) in [6.07, 6.45) is 9.42. The van der Waals surface area contributed by atoms with Crippen LogP contribution in [0.1, 0.15) is 180 Å². The average molecular weight is 1300 g/mol. The Kier molecular flexibility index (Phi) is 12.4. The SMILES string of the molecule is CC1(C)CCC2c3cc(-c4cc(-c5ccc6c(c5)C5CCC(C)(C)C5(C)N6c5ccccc5)c5ccc6c(-c7ccc8c(c7)C7CCC(C)(C)C7(C)N8c7ccccc7)cc(-c7ccc8c(c7)C7CCC(C)(C)C7(C)N8c7ccccc7)c7ccc4c5c76)ccc3N(c3ccccc3)C21C. The van der Waals surface area contributed by atoms with Gasteiger partial charge in [0.15, 0.2) is 0 Å². The number of fused-ring (bicyclic) bond motifs is 12. The number of anilines is 8. The van der Waals surface area contributed by atoms with E-state index < -0.39 is 0 Å². The Labute approximate surface area is 593 Å². The Hall–Kier alpha value is -9.12. The van der Waals surface area contributed by atoms with Gasteiger partial charge in [-0.15, -0.1) is 0 Å². The Bertz CT molecular complexity index is 4730. The van der Waals surface area contributed by atoms with Crippen molar-refractivity contribution in [3.8, 4) is 44.5 Å². The van der Waals surface area contributed by atoms with Crippen LogP contribution < -0.4 is 19.6 Å². The molecule has 12 aromatic carbocycles. The minimum absolute atomic E-state index is 0.0920. The molecule has 0 saturated heterocycles. The topological polar surface area (TPSA) is 13.0 Å². The average Bonchev–Trinajstić information content (AvgIpc) is 1.44. The first kappa shape index (κ1) is 60.8. The highest BCUT2D eigenvalue weighted by molar-refractivity contribution is 6.32. The summed E-state index contributed by atoms with van der Waals surface area (Å²) in [6, 6.07) is 91.2. The Morgan fingerprint density at radius 3 is 0.660 bits per heavy atom. The Balaban J connectivity index is 0.863. The van der Waals surface area contributed by atoms with Crippen molar-refractivity contribution in [2.24, 2.45) is 21.7 Å². The maximum Gasteiger partial charge on any atom is 0.0543 e. The van der Waals surface area contributed by atoms with Gasteiger partial charge in [-0.3, -0.25) is 0 Å². The van der Waals surface area contributed by atoms with Crippen molar-refractivity contribution >= 4 is 77.8 Å². The lowest BCUT2D eigenvalue weighted by Gasteiger charge is -2.47. The quantitative estimate of drug-likeness (QED) is 0.141. The van der Waals surface area contributed by atoms with Crippen LogP contribution in [-0.2, 0) is 0 Å². The van der Waals surface area contributed by atoms with E-state index in [1.165, 1.54) is 196 Å². The second-order valence-corrected chi connectivity index (χ2v) is 35.3. The van der Waals surface area contributed by atoms with Crippen LogP contribution in [0.5, 0.6) is 0 Å². The maximum atomic E-state index is 2.74. The van der Waals surface area contributed by atoms with E-state index in [1.54, 1.807) is 0 Å². The Morgan fingerprint density at radius 1 is 0.240 bits per heavy atom. The van der Waals surface area contributed by atoms with Crippen molar-refractivity contribution in [3.63, 3.8) is 0 Å². The summed E-state index contributed by atoms with van der Waals surface area (Å²) < 4.78 is 0. The second-order valence-electron chi connectivity index (χ2n) is 35.3. The highest BCUT2D eigenvalue weighted by Crippen LogP contribution is 2.71. The molecule has 8 atom stereocenters. The lowest BCUT2D eigenvalue weighted by atomic mass is 9.72. The molecule has 4 aliphatic carbocycles. The normalized spacial score (nSPS) is 27.3. The molecule has 4 aliphatic heterocycles. The minimum Gasteiger partial charge on any atom is -0.334 e. The third kappa shape index (κ3) is 7.58. The summed E-state index contributed by atoms with van der Waals surface area (Å²) in [5.41, 5.74) is 27.0. The van der Waals surface area contributed by atoms with Crippen molar-refractivity contribution in [2.75, 3.05) is 19.6 Å². The van der Waals surface area contributed by atoms with Gasteiger partial charge in [0.25, 0.3) is 0 Å². The molecule has 4 fully saturated rings. The predicted octanol–water partition coefficient (Wildman–Crippen LogP) is 26.5. The van der Waals surface area contributed by atoms with Crippen molar-refractivity contribution in [2.45, 2.75) is 180 Å². The molecule has 4 heteroatoms. The van der Waals surface area contributed by atoms with Gasteiger partial charge in [-0.2, -0.15) is 0 Å². The van der Waals surface area contributed by atoms with Crippen LogP contribution in [0, 0.1) is 21.7 Å². The van der Waals surface area contributed by atoms with Crippen molar-refractivity contribution in [3.05, 3.63) is 253 Å². The van der Waals surface area contributed by atoms with Crippen LogP contribution in [0.25, 0.3) is 76.8 Å². The third-order valence-corrected chi connectivity index (χ3v) is 30.1. The van der Waals surface area contributed by atoms with Crippen molar-refractivity contribution in [1.29, 1.82) is 0 Å². The van der Waals surface area contributed by atoms with Gasteiger partial charge in [0.05, 0.1) is 22.2 Å².